The Kier molecular flexibility index (Phi) is 5.44. The Labute approximate surface area is 134 Å². The summed E-state index contributed by atoms with van der Waals surface area (Å²) in [5, 5.41) is 0. The van der Waals surface area contributed by atoms with Gasteiger partial charge in [-0.1, -0.05) is 0 Å². The number of benzene rings is 1. The Bertz CT molecular complexity index is 738. The number of ether oxygens (including phenoxy) is 2. The molecule has 0 aliphatic carbocycles. The summed E-state index contributed by atoms with van der Waals surface area (Å²) in [5.74, 6) is 1.43. The SMILES string of the molecule is COc1ccc(OC)c(CCNS(=O)(=O)c2ccc(C)s2)c1. The Hall–Kier alpha value is -1.57. The van der Waals surface area contributed by atoms with Crippen LogP contribution in [-0.4, -0.2) is 29.2 Å². The molecule has 0 amide bonds. The Morgan fingerprint density at radius 1 is 1.14 bits per heavy atom. The third kappa shape index (κ3) is 4.00. The first-order valence-electron chi connectivity index (χ1n) is 6.73. The van der Waals surface area contributed by atoms with Crippen molar-refractivity contribution >= 4 is 21.4 Å². The second-order valence-corrected chi connectivity index (χ2v) is 7.97. The summed E-state index contributed by atoms with van der Waals surface area (Å²) in [6, 6.07) is 8.88. The van der Waals surface area contributed by atoms with Gasteiger partial charge in [-0.15, -0.1) is 11.3 Å². The molecule has 0 radical (unpaired) electrons. The lowest BCUT2D eigenvalue weighted by molar-refractivity contribution is 0.398. The second-order valence-electron chi connectivity index (χ2n) is 4.69. The van der Waals surface area contributed by atoms with E-state index in [2.05, 4.69) is 4.72 Å². The van der Waals surface area contributed by atoms with Crippen LogP contribution in [-0.2, 0) is 16.4 Å². The van der Waals surface area contributed by atoms with Gasteiger partial charge in [-0.05, 0) is 49.2 Å². The fourth-order valence-electron chi connectivity index (χ4n) is 2.03. The van der Waals surface area contributed by atoms with Gasteiger partial charge in [0.2, 0.25) is 10.0 Å². The number of nitrogens with one attached hydrogen (secondary N) is 1. The number of hydrogen-bond donors (Lipinski definition) is 1. The Morgan fingerprint density at radius 2 is 1.91 bits per heavy atom. The van der Waals surface area contributed by atoms with Crippen molar-refractivity contribution in [3.05, 3.63) is 40.8 Å². The van der Waals surface area contributed by atoms with Crippen LogP contribution in [0.3, 0.4) is 0 Å². The van der Waals surface area contributed by atoms with Gasteiger partial charge in [0, 0.05) is 11.4 Å². The first-order chi connectivity index (χ1) is 10.5. The summed E-state index contributed by atoms with van der Waals surface area (Å²) in [6.07, 6.45) is 0.518. The predicted octanol–water partition coefficient (Wildman–Crippen LogP) is 2.59. The van der Waals surface area contributed by atoms with Crippen LogP contribution in [0, 0.1) is 6.92 Å². The summed E-state index contributed by atoms with van der Waals surface area (Å²) in [5.41, 5.74) is 0.895. The minimum atomic E-state index is -3.45. The van der Waals surface area contributed by atoms with Crippen LogP contribution in [0.1, 0.15) is 10.4 Å². The van der Waals surface area contributed by atoms with E-state index in [1.54, 1.807) is 32.4 Å². The maximum atomic E-state index is 12.2. The average molecular weight is 341 g/mol. The van der Waals surface area contributed by atoms with Crippen LogP contribution in [0.25, 0.3) is 0 Å². The number of aryl methyl sites for hydroxylation is 1. The molecule has 0 saturated heterocycles. The van der Waals surface area contributed by atoms with E-state index in [0.717, 1.165) is 10.4 Å². The normalized spacial score (nSPS) is 11.4. The maximum absolute atomic E-state index is 12.2. The fraction of sp³-hybridized carbons (Fsp3) is 0.333. The van der Waals surface area contributed by atoms with Crippen molar-refractivity contribution in [3.63, 3.8) is 0 Å². The molecule has 0 saturated carbocycles. The highest BCUT2D eigenvalue weighted by molar-refractivity contribution is 7.91. The summed E-state index contributed by atoms with van der Waals surface area (Å²) in [6.45, 7) is 2.17. The van der Waals surface area contributed by atoms with E-state index >= 15 is 0 Å². The largest absolute Gasteiger partial charge is 0.497 e. The van der Waals surface area contributed by atoms with Crippen LogP contribution in [0.15, 0.2) is 34.5 Å². The molecule has 0 aliphatic heterocycles. The van der Waals surface area contributed by atoms with E-state index < -0.39 is 10.0 Å². The van der Waals surface area contributed by atoms with Crippen LogP contribution < -0.4 is 14.2 Å². The molecule has 0 atom stereocenters. The molecule has 1 aromatic heterocycles. The molecule has 120 valence electrons. The van der Waals surface area contributed by atoms with Crippen molar-refractivity contribution in [1.29, 1.82) is 0 Å². The van der Waals surface area contributed by atoms with Gasteiger partial charge in [-0.25, -0.2) is 13.1 Å². The van der Waals surface area contributed by atoms with Crippen molar-refractivity contribution in [2.24, 2.45) is 0 Å². The van der Waals surface area contributed by atoms with Gasteiger partial charge in [0.15, 0.2) is 0 Å². The van der Waals surface area contributed by atoms with Gasteiger partial charge in [-0.2, -0.15) is 0 Å². The van der Waals surface area contributed by atoms with E-state index in [1.807, 2.05) is 19.1 Å². The number of sulfonamides is 1. The highest BCUT2D eigenvalue weighted by atomic mass is 32.2. The van der Waals surface area contributed by atoms with Gasteiger partial charge < -0.3 is 9.47 Å². The molecule has 5 nitrogen and oxygen atoms in total. The minimum Gasteiger partial charge on any atom is -0.497 e. The summed E-state index contributed by atoms with van der Waals surface area (Å²) in [4.78, 5) is 0.967. The van der Waals surface area contributed by atoms with Crippen molar-refractivity contribution in [3.8, 4) is 11.5 Å². The molecule has 1 N–H and O–H groups in total. The van der Waals surface area contributed by atoms with Gasteiger partial charge in [0.25, 0.3) is 0 Å². The molecule has 0 aliphatic rings. The number of thiophene rings is 1. The number of rotatable bonds is 7. The molecule has 0 bridgehead atoms. The zero-order valence-corrected chi connectivity index (χ0v) is 14.4. The summed E-state index contributed by atoms with van der Waals surface area (Å²) in [7, 11) is -0.270. The lowest BCUT2D eigenvalue weighted by Gasteiger charge is -2.11. The monoisotopic (exact) mass is 341 g/mol. The molecular weight excluding hydrogens is 322 g/mol. The van der Waals surface area contributed by atoms with Crippen molar-refractivity contribution < 1.29 is 17.9 Å². The fourth-order valence-corrected chi connectivity index (χ4v) is 4.38. The third-order valence-corrected chi connectivity index (χ3v) is 6.11. The van der Waals surface area contributed by atoms with Gasteiger partial charge in [-0.3, -0.25) is 0 Å². The van der Waals surface area contributed by atoms with Crippen LogP contribution in [0.2, 0.25) is 0 Å². The lowest BCUT2D eigenvalue weighted by atomic mass is 10.1. The van der Waals surface area contributed by atoms with Crippen LogP contribution >= 0.6 is 11.3 Å². The molecule has 0 unspecified atom stereocenters. The van der Waals surface area contributed by atoms with E-state index in [9.17, 15) is 8.42 Å². The smallest absolute Gasteiger partial charge is 0.250 e. The van der Waals surface area contributed by atoms with Gasteiger partial charge >= 0.3 is 0 Å². The van der Waals surface area contributed by atoms with E-state index in [1.165, 1.54) is 11.3 Å². The van der Waals surface area contributed by atoms with E-state index in [0.29, 0.717) is 28.7 Å². The summed E-state index contributed by atoms with van der Waals surface area (Å²) >= 11 is 1.26. The minimum absolute atomic E-state index is 0.294. The highest BCUT2D eigenvalue weighted by Gasteiger charge is 2.16. The highest BCUT2D eigenvalue weighted by Crippen LogP contribution is 2.24. The first kappa shape index (κ1) is 16.8. The predicted molar refractivity (Wildman–Crippen MR) is 87.5 cm³/mol. The average Bonchev–Trinajstić information content (AvgIpc) is 2.94. The molecular formula is C15H19NO4S2. The second kappa shape index (κ2) is 7.13. The zero-order chi connectivity index (χ0) is 16.2. The molecule has 1 aromatic carbocycles. The summed E-state index contributed by atoms with van der Waals surface area (Å²) < 4.78 is 37.7. The van der Waals surface area contributed by atoms with Gasteiger partial charge in [0.05, 0.1) is 14.2 Å². The standard InChI is InChI=1S/C15H19NO4S2/c1-11-4-7-15(21-11)22(17,18)16-9-8-12-10-13(19-2)5-6-14(12)20-3/h4-7,10,16H,8-9H2,1-3H3. The number of hydrogen-bond acceptors (Lipinski definition) is 5. The lowest BCUT2D eigenvalue weighted by Crippen LogP contribution is -2.25. The molecule has 7 heteroatoms. The molecule has 0 fully saturated rings. The molecule has 1 heterocycles. The van der Waals surface area contributed by atoms with Crippen molar-refractivity contribution in [1.82, 2.24) is 4.72 Å². The molecule has 2 rings (SSSR count). The Morgan fingerprint density at radius 3 is 2.50 bits per heavy atom. The first-order valence-corrected chi connectivity index (χ1v) is 9.03. The maximum Gasteiger partial charge on any atom is 0.250 e. The molecule has 2 aromatic rings. The third-order valence-electron chi connectivity index (χ3n) is 3.15. The topological polar surface area (TPSA) is 64.6 Å². The Balaban J connectivity index is 2.04. The van der Waals surface area contributed by atoms with Gasteiger partial charge in [0.1, 0.15) is 15.7 Å². The quantitative estimate of drug-likeness (QED) is 0.841. The van der Waals surface area contributed by atoms with Crippen molar-refractivity contribution in [2.75, 3.05) is 20.8 Å². The zero-order valence-electron chi connectivity index (χ0n) is 12.8. The van der Waals surface area contributed by atoms with Crippen LogP contribution in [0.5, 0.6) is 11.5 Å². The molecule has 22 heavy (non-hydrogen) atoms. The van der Waals surface area contributed by atoms with E-state index in [4.69, 9.17) is 9.47 Å². The molecule has 0 spiro atoms. The van der Waals surface area contributed by atoms with E-state index in [-0.39, 0.29) is 0 Å². The number of methoxy groups -OCH3 is 2. The van der Waals surface area contributed by atoms with Crippen molar-refractivity contribution in [2.45, 2.75) is 17.6 Å². The van der Waals surface area contributed by atoms with Crippen LogP contribution in [0.4, 0.5) is 0 Å².